The van der Waals surface area contributed by atoms with Crippen molar-refractivity contribution in [2.45, 2.75) is 13.0 Å². The molecule has 12 heteroatoms. The maximum atomic E-state index is 14.6. The number of anilines is 1. The van der Waals surface area contributed by atoms with Crippen molar-refractivity contribution >= 4 is 34.8 Å². The summed E-state index contributed by atoms with van der Waals surface area (Å²) in [6.07, 6.45) is -0.385. The molecule has 3 aromatic rings. The number of amides is 2. The van der Waals surface area contributed by atoms with Crippen molar-refractivity contribution in [3.8, 4) is 11.5 Å². The number of carbonyl (C=O) groups excluding carboxylic acids is 2. The molecule has 0 atom stereocenters. The van der Waals surface area contributed by atoms with Gasteiger partial charge in [-0.15, -0.1) is 11.3 Å². The Kier molecular flexibility index (Phi) is 6.00. The molecule has 7 nitrogen and oxygen atoms in total. The number of ether oxygens (including phenoxy) is 2. The van der Waals surface area contributed by atoms with Crippen LogP contribution in [0.3, 0.4) is 0 Å². The van der Waals surface area contributed by atoms with Crippen LogP contribution in [-0.4, -0.2) is 30.0 Å². The van der Waals surface area contributed by atoms with Gasteiger partial charge >= 0.3 is 5.97 Å². The van der Waals surface area contributed by atoms with Crippen LogP contribution in [0.4, 0.5) is 23.2 Å². The predicted molar refractivity (Wildman–Crippen MR) is 110 cm³/mol. The van der Waals surface area contributed by atoms with E-state index in [4.69, 9.17) is 9.47 Å². The summed E-state index contributed by atoms with van der Waals surface area (Å²) in [5.74, 6) is -9.16. The van der Waals surface area contributed by atoms with Crippen LogP contribution in [0.15, 0.2) is 29.6 Å². The third-order valence-electron chi connectivity index (χ3n) is 5.06. The number of carboxylic acid groups (broad SMARTS) is 1. The van der Waals surface area contributed by atoms with E-state index in [1.165, 1.54) is 12.5 Å². The summed E-state index contributed by atoms with van der Waals surface area (Å²) < 4.78 is 66.9. The van der Waals surface area contributed by atoms with Gasteiger partial charge in [0.1, 0.15) is 17.2 Å². The topological polar surface area (TPSA) is 93.1 Å². The number of imide groups is 1. The maximum absolute atomic E-state index is 14.6. The van der Waals surface area contributed by atoms with Gasteiger partial charge in [0.15, 0.2) is 29.0 Å². The molecule has 0 radical (unpaired) electrons. The number of nitrogens with zero attached hydrogens (tertiary/aromatic N) is 1. The van der Waals surface area contributed by atoms with Crippen LogP contribution in [0.5, 0.6) is 11.5 Å². The molecule has 1 aliphatic rings. The zero-order valence-electron chi connectivity index (χ0n) is 17.2. The SMILES string of the molecule is COc1ccc(F)c(F)c1COc1cc(N2C(=O)Cc3csc(C(=O)O)c3C2=O)c(F)cc1F. The second-order valence-corrected chi connectivity index (χ2v) is 7.93. The molecule has 4 rings (SSSR count). The first-order valence-corrected chi connectivity index (χ1v) is 10.4. The van der Waals surface area contributed by atoms with Gasteiger partial charge in [0.2, 0.25) is 5.91 Å². The van der Waals surface area contributed by atoms with Crippen molar-refractivity contribution in [3.05, 3.63) is 74.5 Å². The first-order valence-electron chi connectivity index (χ1n) is 9.47. The Hall–Kier alpha value is -3.93. The predicted octanol–water partition coefficient (Wildman–Crippen LogP) is 4.32. The number of aromatic carboxylic acids is 1. The van der Waals surface area contributed by atoms with Gasteiger partial charge < -0.3 is 14.6 Å². The van der Waals surface area contributed by atoms with E-state index in [0.717, 1.165) is 23.5 Å². The molecule has 1 N–H and O–H groups in total. The highest BCUT2D eigenvalue weighted by molar-refractivity contribution is 7.12. The molecule has 0 saturated carbocycles. The van der Waals surface area contributed by atoms with Gasteiger partial charge in [0, 0.05) is 12.1 Å². The minimum Gasteiger partial charge on any atom is -0.496 e. The second-order valence-electron chi connectivity index (χ2n) is 7.05. The minimum absolute atomic E-state index is 0.0887. The molecule has 34 heavy (non-hydrogen) atoms. The number of fused-ring (bicyclic) bond motifs is 1. The van der Waals surface area contributed by atoms with Gasteiger partial charge in [0.25, 0.3) is 5.91 Å². The molecule has 0 unspecified atom stereocenters. The van der Waals surface area contributed by atoms with E-state index in [2.05, 4.69) is 0 Å². The van der Waals surface area contributed by atoms with Crippen LogP contribution in [-0.2, 0) is 17.8 Å². The lowest BCUT2D eigenvalue weighted by molar-refractivity contribution is -0.117. The first kappa shape index (κ1) is 23.2. The minimum atomic E-state index is -1.40. The monoisotopic (exact) mass is 495 g/mol. The van der Waals surface area contributed by atoms with Gasteiger partial charge in [-0.2, -0.15) is 0 Å². The Labute approximate surface area is 192 Å². The summed E-state index contributed by atoms with van der Waals surface area (Å²) in [5.41, 5.74) is -1.16. The van der Waals surface area contributed by atoms with Crippen LogP contribution < -0.4 is 14.4 Å². The molecular weight excluding hydrogens is 482 g/mol. The number of methoxy groups -OCH3 is 1. The Morgan fingerprint density at radius 1 is 1.09 bits per heavy atom. The zero-order valence-corrected chi connectivity index (χ0v) is 18.0. The van der Waals surface area contributed by atoms with Crippen molar-refractivity contribution in [1.29, 1.82) is 0 Å². The molecule has 2 aromatic carbocycles. The quantitative estimate of drug-likeness (QED) is 0.405. The average molecular weight is 495 g/mol. The summed E-state index contributed by atoms with van der Waals surface area (Å²) in [6.45, 7) is -0.728. The number of halogens is 4. The standard InChI is InChI=1S/C22H13F4NO6S/c1-32-15-3-2-11(23)19(26)10(15)7-33-16-6-14(12(24)5-13(16)25)27-17(28)4-9-8-34-20(22(30)31)18(9)21(27)29/h2-3,5-6,8H,4,7H2,1H3,(H,30,31). The van der Waals surface area contributed by atoms with E-state index in [-0.39, 0.29) is 33.7 Å². The smallest absolute Gasteiger partial charge is 0.346 e. The normalized spacial score (nSPS) is 13.1. The van der Waals surface area contributed by atoms with Crippen molar-refractivity contribution in [2.75, 3.05) is 12.0 Å². The third-order valence-corrected chi connectivity index (χ3v) is 6.07. The zero-order chi connectivity index (χ0) is 24.7. The van der Waals surface area contributed by atoms with Gasteiger partial charge in [-0.1, -0.05) is 0 Å². The number of thiophene rings is 1. The molecule has 2 amide bonds. The maximum Gasteiger partial charge on any atom is 0.346 e. The lowest BCUT2D eigenvalue weighted by Crippen LogP contribution is -2.43. The van der Waals surface area contributed by atoms with E-state index in [9.17, 15) is 37.1 Å². The van der Waals surface area contributed by atoms with E-state index < -0.39 is 59.1 Å². The van der Waals surface area contributed by atoms with Gasteiger partial charge in [-0.25, -0.2) is 27.3 Å². The Balaban J connectivity index is 1.71. The molecular formula is C22H13F4NO6S. The van der Waals surface area contributed by atoms with Crippen LogP contribution in [0.1, 0.15) is 31.2 Å². The van der Waals surface area contributed by atoms with Crippen molar-refractivity contribution in [3.63, 3.8) is 0 Å². The molecule has 1 aliphatic heterocycles. The number of benzene rings is 2. The summed E-state index contributed by atoms with van der Waals surface area (Å²) in [7, 11) is 1.20. The molecule has 0 spiro atoms. The molecule has 0 fully saturated rings. The fraction of sp³-hybridized carbons (Fsp3) is 0.136. The molecule has 2 heterocycles. The number of rotatable bonds is 6. The number of hydrogen-bond acceptors (Lipinski definition) is 6. The van der Waals surface area contributed by atoms with Crippen molar-refractivity contribution in [1.82, 2.24) is 0 Å². The van der Waals surface area contributed by atoms with Gasteiger partial charge in [-0.05, 0) is 23.1 Å². The number of carboxylic acids is 1. The summed E-state index contributed by atoms with van der Waals surface area (Å²) in [6, 6.07) is 3.02. The Bertz CT molecular complexity index is 1360. The molecule has 1 aromatic heterocycles. The Morgan fingerprint density at radius 2 is 1.82 bits per heavy atom. The van der Waals surface area contributed by atoms with Crippen LogP contribution in [0.2, 0.25) is 0 Å². The highest BCUT2D eigenvalue weighted by Gasteiger charge is 2.38. The van der Waals surface area contributed by atoms with Gasteiger partial charge in [-0.3, -0.25) is 9.59 Å². The highest BCUT2D eigenvalue weighted by atomic mass is 32.1. The van der Waals surface area contributed by atoms with Crippen LogP contribution in [0, 0.1) is 23.3 Å². The van der Waals surface area contributed by atoms with E-state index in [1.54, 1.807) is 0 Å². The highest BCUT2D eigenvalue weighted by Crippen LogP contribution is 2.36. The number of carbonyl (C=O) groups is 3. The largest absolute Gasteiger partial charge is 0.496 e. The van der Waals surface area contributed by atoms with E-state index in [0.29, 0.717) is 17.0 Å². The molecule has 0 aliphatic carbocycles. The van der Waals surface area contributed by atoms with E-state index >= 15 is 0 Å². The lowest BCUT2D eigenvalue weighted by Gasteiger charge is -2.26. The van der Waals surface area contributed by atoms with Gasteiger partial charge in [0.05, 0.1) is 30.3 Å². The average Bonchev–Trinajstić information content (AvgIpc) is 3.21. The van der Waals surface area contributed by atoms with Crippen LogP contribution >= 0.6 is 11.3 Å². The summed E-state index contributed by atoms with van der Waals surface area (Å²) >= 11 is 0.742. The first-order chi connectivity index (χ1) is 16.1. The summed E-state index contributed by atoms with van der Waals surface area (Å²) in [5, 5.41) is 10.7. The number of hydrogen-bond donors (Lipinski definition) is 1. The van der Waals surface area contributed by atoms with Crippen molar-refractivity contribution in [2.24, 2.45) is 0 Å². The van der Waals surface area contributed by atoms with E-state index in [1.807, 2.05) is 0 Å². The molecule has 0 saturated heterocycles. The molecule has 176 valence electrons. The third kappa shape index (κ3) is 3.85. The van der Waals surface area contributed by atoms with Crippen LogP contribution in [0.25, 0.3) is 0 Å². The fourth-order valence-electron chi connectivity index (χ4n) is 3.48. The summed E-state index contributed by atoms with van der Waals surface area (Å²) in [4.78, 5) is 37.0. The van der Waals surface area contributed by atoms with Crippen molar-refractivity contribution < 1.29 is 46.5 Å². The Morgan fingerprint density at radius 3 is 2.50 bits per heavy atom. The molecule has 0 bridgehead atoms. The fourth-order valence-corrected chi connectivity index (χ4v) is 4.38. The second kappa shape index (κ2) is 8.78. The lowest BCUT2D eigenvalue weighted by atomic mass is 10.0.